The number of hydrogen-bond acceptors (Lipinski definition) is 4. The number of aryl methyl sites for hydroxylation is 1. The highest BCUT2D eigenvalue weighted by Gasteiger charge is 2.19. The van der Waals surface area contributed by atoms with E-state index >= 15 is 0 Å². The van der Waals surface area contributed by atoms with Crippen molar-refractivity contribution in [2.75, 3.05) is 10.5 Å². The Kier molecular flexibility index (Phi) is 4.24. The van der Waals surface area contributed by atoms with Gasteiger partial charge in [0.1, 0.15) is 4.21 Å². The maximum absolute atomic E-state index is 12.2. The molecule has 102 valence electrons. The average molecular weight is 426 g/mol. The predicted octanol–water partition coefficient (Wildman–Crippen LogP) is 3.96. The Bertz CT molecular complexity index is 703. The largest absolute Gasteiger partial charge is 0.397 e. The van der Waals surface area contributed by atoms with Crippen molar-refractivity contribution in [3.63, 3.8) is 0 Å². The van der Waals surface area contributed by atoms with Crippen LogP contribution in [0.25, 0.3) is 0 Å². The first kappa shape index (κ1) is 14.8. The molecule has 0 aliphatic carbocycles. The number of halogens is 2. The van der Waals surface area contributed by atoms with Gasteiger partial charge in [0, 0.05) is 13.8 Å². The highest BCUT2D eigenvalue weighted by molar-refractivity contribution is 9.11. The molecule has 19 heavy (non-hydrogen) atoms. The fourth-order valence-electron chi connectivity index (χ4n) is 1.44. The molecule has 2 rings (SSSR count). The number of nitrogens with two attached hydrogens (primary N) is 1. The summed E-state index contributed by atoms with van der Waals surface area (Å²) in [6.07, 6.45) is 0. The fraction of sp³-hybridized carbons (Fsp3) is 0.0909. The second kappa shape index (κ2) is 5.43. The van der Waals surface area contributed by atoms with Gasteiger partial charge in [-0.2, -0.15) is 0 Å². The van der Waals surface area contributed by atoms with Crippen LogP contribution < -0.4 is 10.5 Å². The maximum Gasteiger partial charge on any atom is 0.271 e. The van der Waals surface area contributed by atoms with Gasteiger partial charge in [-0.05, 0) is 47.1 Å². The van der Waals surface area contributed by atoms with Crippen LogP contribution in [0.15, 0.2) is 37.4 Å². The van der Waals surface area contributed by atoms with Crippen LogP contribution in [0.3, 0.4) is 0 Å². The van der Waals surface area contributed by atoms with E-state index in [4.69, 9.17) is 5.73 Å². The molecule has 0 saturated heterocycles. The van der Waals surface area contributed by atoms with Gasteiger partial charge < -0.3 is 5.73 Å². The molecule has 1 aromatic carbocycles. The Morgan fingerprint density at radius 3 is 2.47 bits per heavy atom. The minimum atomic E-state index is -3.61. The summed E-state index contributed by atoms with van der Waals surface area (Å²) in [5.41, 5.74) is 6.52. The smallest absolute Gasteiger partial charge is 0.271 e. The molecule has 0 aliphatic heterocycles. The van der Waals surface area contributed by atoms with Gasteiger partial charge >= 0.3 is 0 Å². The molecule has 0 fully saturated rings. The molecule has 0 aliphatic rings. The number of nitrogen functional groups attached to an aromatic ring is 1. The van der Waals surface area contributed by atoms with E-state index in [0.717, 1.165) is 9.35 Å². The van der Waals surface area contributed by atoms with Crippen molar-refractivity contribution in [3.8, 4) is 0 Å². The third-order valence-electron chi connectivity index (χ3n) is 2.30. The van der Waals surface area contributed by atoms with Crippen LogP contribution in [0.4, 0.5) is 11.4 Å². The van der Waals surface area contributed by atoms with Crippen LogP contribution in [-0.2, 0) is 10.0 Å². The van der Waals surface area contributed by atoms with Gasteiger partial charge in [0.25, 0.3) is 10.0 Å². The number of sulfonamides is 1. The van der Waals surface area contributed by atoms with Crippen molar-refractivity contribution < 1.29 is 8.42 Å². The van der Waals surface area contributed by atoms with Gasteiger partial charge in [0.2, 0.25) is 0 Å². The van der Waals surface area contributed by atoms with Gasteiger partial charge in [-0.3, -0.25) is 4.72 Å². The Morgan fingerprint density at radius 2 is 1.95 bits per heavy atom. The quantitative estimate of drug-likeness (QED) is 0.730. The molecule has 1 heterocycles. The van der Waals surface area contributed by atoms with Crippen LogP contribution in [-0.4, -0.2) is 8.42 Å². The number of anilines is 2. The summed E-state index contributed by atoms with van der Waals surface area (Å²) in [6, 6.07) is 6.71. The Labute approximate surface area is 132 Å². The molecular formula is C11H10Br2N2O2S2. The summed E-state index contributed by atoms with van der Waals surface area (Å²) in [7, 11) is -3.61. The van der Waals surface area contributed by atoms with Crippen LogP contribution >= 0.6 is 43.2 Å². The van der Waals surface area contributed by atoms with Gasteiger partial charge in [0.15, 0.2) is 0 Å². The van der Waals surface area contributed by atoms with Crippen molar-refractivity contribution in [2.24, 2.45) is 0 Å². The maximum atomic E-state index is 12.2. The van der Waals surface area contributed by atoms with Gasteiger partial charge in [-0.1, -0.05) is 15.9 Å². The molecule has 0 spiro atoms. The van der Waals surface area contributed by atoms with Crippen molar-refractivity contribution in [1.29, 1.82) is 0 Å². The van der Waals surface area contributed by atoms with Crippen molar-refractivity contribution >= 4 is 64.6 Å². The summed E-state index contributed by atoms with van der Waals surface area (Å²) >= 11 is 7.80. The number of rotatable bonds is 3. The zero-order valence-electron chi connectivity index (χ0n) is 9.78. The number of benzene rings is 1. The van der Waals surface area contributed by atoms with E-state index in [1.165, 1.54) is 11.3 Å². The molecule has 0 amide bonds. The standard InChI is InChI=1S/C11H10Br2N2O2S2/c1-6-2-3-10(18-6)19(16,17)15-11-8(13)4-7(12)5-9(11)14/h2-5,15H,14H2,1H3. The highest BCUT2D eigenvalue weighted by Crippen LogP contribution is 2.34. The monoisotopic (exact) mass is 424 g/mol. The lowest BCUT2D eigenvalue weighted by Crippen LogP contribution is -2.13. The molecule has 4 nitrogen and oxygen atoms in total. The van der Waals surface area contributed by atoms with Crippen molar-refractivity contribution in [3.05, 3.63) is 38.1 Å². The molecule has 8 heteroatoms. The second-order valence-electron chi connectivity index (χ2n) is 3.82. The number of hydrogen-bond donors (Lipinski definition) is 2. The molecule has 0 radical (unpaired) electrons. The number of nitrogens with one attached hydrogen (secondary N) is 1. The van der Waals surface area contributed by atoms with E-state index in [1.807, 2.05) is 6.92 Å². The van der Waals surface area contributed by atoms with E-state index in [1.54, 1.807) is 24.3 Å². The third-order valence-corrected chi connectivity index (χ3v) is 6.23. The fourth-order valence-corrected chi connectivity index (χ4v) is 5.32. The summed E-state index contributed by atoms with van der Waals surface area (Å²) < 4.78 is 28.5. The van der Waals surface area contributed by atoms with E-state index in [0.29, 0.717) is 15.8 Å². The minimum Gasteiger partial charge on any atom is -0.397 e. The van der Waals surface area contributed by atoms with Crippen LogP contribution in [0.1, 0.15) is 4.88 Å². The molecule has 0 saturated carbocycles. The first-order valence-electron chi connectivity index (χ1n) is 5.13. The van der Waals surface area contributed by atoms with Gasteiger partial charge in [0.05, 0.1) is 11.4 Å². The molecule has 0 atom stereocenters. The topological polar surface area (TPSA) is 72.2 Å². The predicted molar refractivity (Wildman–Crippen MR) is 86.1 cm³/mol. The summed E-state index contributed by atoms with van der Waals surface area (Å²) in [5.74, 6) is 0. The zero-order chi connectivity index (χ0) is 14.2. The lowest BCUT2D eigenvalue weighted by atomic mass is 10.3. The lowest BCUT2D eigenvalue weighted by Gasteiger charge is -2.11. The van der Waals surface area contributed by atoms with Crippen molar-refractivity contribution in [2.45, 2.75) is 11.1 Å². The second-order valence-corrected chi connectivity index (χ2v) is 8.79. The molecule has 0 bridgehead atoms. The van der Waals surface area contributed by atoms with Crippen LogP contribution in [0, 0.1) is 6.92 Å². The first-order valence-corrected chi connectivity index (χ1v) is 9.02. The summed E-state index contributed by atoms with van der Waals surface area (Å²) in [6.45, 7) is 1.85. The minimum absolute atomic E-state index is 0.263. The van der Waals surface area contributed by atoms with Crippen molar-refractivity contribution in [1.82, 2.24) is 0 Å². The molecule has 3 N–H and O–H groups in total. The third kappa shape index (κ3) is 3.31. The van der Waals surface area contributed by atoms with Crippen LogP contribution in [0.5, 0.6) is 0 Å². The molecule has 1 aromatic heterocycles. The average Bonchev–Trinajstić information content (AvgIpc) is 2.71. The van der Waals surface area contributed by atoms with E-state index < -0.39 is 10.0 Å². The first-order chi connectivity index (χ1) is 8.79. The van der Waals surface area contributed by atoms with Gasteiger partial charge in [-0.15, -0.1) is 11.3 Å². The number of thiophene rings is 1. The SMILES string of the molecule is Cc1ccc(S(=O)(=O)Nc2c(N)cc(Br)cc2Br)s1. The van der Waals surface area contributed by atoms with Gasteiger partial charge in [-0.25, -0.2) is 8.42 Å². The summed E-state index contributed by atoms with van der Waals surface area (Å²) in [4.78, 5) is 0.934. The van der Waals surface area contributed by atoms with E-state index in [-0.39, 0.29) is 4.21 Å². The zero-order valence-corrected chi connectivity index (χ0v) is 14.6. The highest BCUT2D eigenvalue weighted by atomic mass is 79.9. The molecule has 0 unspecified atom stereocenters. The van der Waals surface area contributed by atoms with Crippen LogP contribution in [0.2, 0.25) is 0 Å². The lowest BCUT2D eigenvalue weighted by molar-refractivity contribution is 0.603. The van der Waals surface area contributed by atoms with E-state index in [9.17, 15) is 8.42 Å². The molecular weight excluding hydrogens is 416 g/mol. The Morgan fingerprint density at radius 1 is 1.26 bits per heavy atom. The summed E-state index contributed by atoms with van der Waals surface area (Å²) in [5, 5.41) is 0. The molecule has 2 aromatic rings. The Balaban J connectivity index is 2.41. The van der Waals surface area contributed by atoms with E-state index in [2.05, 4.69) is 36.6 Å². The Hall–Kier alpha value is -0.570. The normalized spacial score (nSPS) is 11.5.